The van der Waals surface area contributed by atoms with Crippen LogP contribution in [0.1, 0.15) is 5.69 Å². The van der Waals surface area contributed by atoms with Crippen molar-refractivity contribution in [1.29, 1.82) is 0 Å². The summed E-state index contributed by atoms with van der Waals surface area (Å²) < 4.78 is 1.87. The molecular formula is C11H7N3O2S2. The van der Waals surface area contributed by atoms with Crippen molar-refractivity contribution < 1.29 is 9.59 Å². The molecule has 1 aliphatic rings. The Hall–Kier alpha value is -1.86. The summed E-state index contributed by atoms with van der Waals surface area (Å²) in [6.07, 6.45) is 5.27. The van der Waals surface area contributed by atoms with Crippen LogP contribution in [0.25, 0.3) is 11.2 Å². The lowest BCUT2D eigenvalue weighted by Gasteiger charge is -2.01. The average Bonchev–Trinajstić information content (AvgIpc) is 3.01. The first-order chi connectivity index (χ1) is 8.74. The van der Waals surface area contributed by atoms with Crippen LogP contribution in [0, 0.1) is 0 Å². The number of amides is 2. The van der Waals surface area contributed by atoms with Crippen LogP contribution in [0.4, 0.5) is 4.79 Å². The molecule has 0 aliphatic carbocycles. The number of carbonyl (C=O) groups is 2. The van der Waals surface area contributed by atoms with E-state index < -0.39 is 0 Å². The van der Waals surface area contributed by atoms with E-state index in [-0.39, 0.29) is 11.1 Å². The highest BCUT2D eigenvalue weighted by Crippen LogP contribution is 2.26. The minimum absolute atomic E-state index is 0.335. The number of hydrogen-bond donors (Lipinski definition) is 1. The van der Waals surface area contributed by atoms with Crippen molar-refractivity contribution >= 4 is 40.3 Å². The number of carbonyl (C=O) groups excluding carboxylic acids is 2. The molecule has 5 nitrogen and oxygen atoms in total. The Kier molecular flexibility index (Phi) is 2.77. The summed E-state index contributed by atoms with van der Waals surface area (Å²) in [4.78, 5) is 27.1. The van der Waals surface area contributed by atoms with Gasteiger partial charge < -0.3 is 0 Å². The van der Waals surface area contributed by atoms with E-state index in [9.17, 15) is 9.59 Å². The molecule has 0 radical (unpaired) electrons. The number of rotatable bonds is 2. The van der Waals surface area contributed by atoms with Gasteiger partial charge in [-0.3, -0.25) is 19.5 Å². The van der Waals surface area contributed by atoms with Gasteiger partial charge in [0.2, 0.25) is 0 Å². The first-order valence-corrected chi connectivity index (χ1v) is 6.76. The first-order valence-electron chi connectivity index (χ1n) is 5.06. The number of aromatic nitrogens is 2. The quantitative estimate of drug-likeness (QED) is 0.855. The van der Waals surface area contributed by atoms with Gasteiger partial charge in [-0.15, -0.1) is 11.3 Å². The smallest absolute Gasteiger partial charge is 0.290 e. The third kappa shape index (κ3) is 1.98. The normalized spacial score (nSPS) is 17.4. The zero-order valence-corrected chi connectivity index (χ0v) is 10.6. The molecule has 2 aromatic heterocycles. The van der Waals surface area contributed by atoms with Crippen LogP contribution in [-0.2, 0) is 4.79 Å². The minimum atomic E-state index is -0.350. The van der Waals surface area contributed by atoms with Crippen molar-refractivity contribution in [3.63, 3.8) is 0 Å². The summed E-state index contributed by atoms with van der Waals surface area (Å²) >= 11 is 2.41. The first kappa shape index (κ1) is 11.2. The van der Waals surface area contributed by atoms with Gasteiger partial charge in [-0.2, -0.15) is 0 Å². The third-order valence-corrected chi connectivity index (χ3v) is 3.91. The highest BCUT2D eigenvalue weighted by molar-refractivity contribution is 8.18. The molecule has 1 fully saturated rings. The molecule has 18 heavy (non-hydrogen) atoms. The van der Waals surface area contributed by atoms with E-state index in [0.717, 1.165) is 22.6 Å². The maximum absolute atomic E-state index is 11.5. The SMILES string of the molecule is O=C1NC(=O)/C(=C\c2cccn2-c2nccs2)S1. The predicted molar refractivity (Wildman–Crippen MR) is 70.5 cm³/mol. The highest BCUT2D eigenvalue weighted by Gasteiger charge is 2.25. The molecule has 0 bridgehead atoms. The maximum atomic E-state index is 11.5. The molecular weight excluding hydrogens is 270 g/mol. The van der Waals surface area contributed by atoms with E-state index in [1.165, 1.54) is 11.3 Å². The van der Waals surface area contributed by atoms with Gasteiger partial charge in [-0.25, -0.2) is 4.98 Å². The molecule has 1 saturated heterocycles. The van der Waals surface area contributed by atoms with Gasteiger partial charge in [-0.05, 0) is 30.0 Å². The summed E-state index contributed by atoms with van der Waals surface area (Å²) in [5.74, 6) is -0.350. The van der Waals surface area contributed by atoms with E-state index >= 15 is 0 Å². The van der Waals surface area contributed by atoms with Gasteiger partial charge in [0.15, 0.2) is 5.13 Å². The lowest BCUT2D eigenvalue weighted by Crippen LogP contribution is -2.17. The molecule has 90 valence electrons. The Balaban J connectivity index is 2.00. The Bertz CT molecular complexity index is 643. The Morgan fingerprint density at radius 2 is 2.28 bits per heavy atom. The van der Waals surface area contributed by atoms with Crippen molar-refractivity contribution in [3.8, 4) is 5.13 Å². The fourth-order valence-corrected chi connectivity index (χ4v) is 2.89. The van der Waals surface area contributed by atoms with Crippen molar-refractivity contribution in [2.45, 2.75) is 0 Å². The van der Waals surface area contributed by atoms with E-state index in [2.05, 4.69) is 10.3 Å². The largest absolute Gasteiger partial charge is 0.293 e. The number of thioether (sulfide) groups is 1. The van der Waals surface area contributed by atoms with Crippen molar-refractivity contribution in [2.24, 2.45) is 0 Å². The monoisotopic (exact) mass is 277 g/mol. The zero-order chi connectivity index (χ0) is 12.5. The molecule has 3 heterocycles. The summed E-state index contributed by atoms with van der Waals surface area (Å²) in [6, 6.07) is 3.73. The van der Waals surface area contributed by atoms with Crippen LogP contribution in [0.5, 0.6) is 0 Å². The molecule has 0 aromatic carbocycles. The molecule has 0 atom stereocenters. The van der Waals surface area contributed by atoms with E-state index in [4.69, 9.17) is 0 Å². The molecule has 0 saturated carbocycles. The van der Waals surface area contributed by atoms with Crippen LogP contribution >= 0.6 is 23.1 Å². The van der Waals surface area contributed by atoms with E-state index in [1.54, 1.807) is 12.3 Å². The standard InChI is InChI=1S/C11H7N3O2S2/c15-9-8(18-11(16)13-9)6-7-2-1-4-14(7)10-12-3-5-17-10/h1-6H,(H,13,15,16)/b8-6+. The molecule has 2 aromatic rings. The lowest BCUT2D eigenvalue weighted by atomic mass is 10.3. The second-order valence-corrected chi connectivity index (χ2v) is 5.36. The van der Waals surface area contributed by atoms with E-state index in [1.807, 2.05) is 28.3 Å². The lowest BCUT2D eigenvalue weighted by molar-refractivity contribution is -0.115. The molecule has 7 heteroatoms. The van der Waals surface area contributed by atoms with Crippen molar-refractivity contribution in [3.05, 3.63) is 40.5 Å². The predicted octanol–water partition coefficient (Wildman–Crippen LogP) is 2.26. The number of nitrogens with one attached hydrogen (secondary N) is 1. The summed E-state index contributed by atoms with van der Waals surface area (Å²) in [5.41, 5.74) is 0.817. The van der Waals surface area contributed by atoms with Crippen LogP contribution in [-0.4, -0.2) is 20.7 Å². The van der Waals surface area contributed by atoms with Gasteiger partial charge >= 0.3 is 0 Å². The van der Waals surface area contributed by atoms with E-state index in [0.29, 0.717) is 4.91 Å². The third-order valence-electron chi connectivity index (χ3n) is 2.33. The minimum Gasteiger partial charge on any atom is -0.293 e. The fourth-order valence-electron chi connectivity index (χ4n) is 1.58. The van der Waals surface area contributed by atoms with Gasteiger partial charge in [0.05, 0.1) is 4.91 Å². The number of imide groups is 1. The number of thiazole rings is 1. The summed E-state index contributed by atoms with van der Waals surface area (Å²) in [5, 5.41) is 4.60. The molecule has 0 unspecified atom stereocenters. The number of nitrogens with zero attached hydrogens (tertiary/aromatic N) is 2. The Morgan fingerprint density at radius 3 is 2.94 bits per heavy atom. The Morgan fingerprint density at radius 1 is 1.39 bits per heavy atom. The van der Waals surface area contributed by atoms with Crippen molar-refractivity contribution in [2.75, 3.05) is 0 Å². The van der Waals surface area contributed by atoms with Gasteiger partial charge in [0, 0.05) is 23.5 Å². The van der Waals surface area contributed by atoms with Crippen LogP contribution in [0.2, 0.25) is 0 Å². The summed E-state index contributed by atoms with van der Waals surface area (Å²) in [7, 11) is 0. The average molecular weight is 277 g/mol. The van der Waals surface area contributed by atoms with Crippen LogP contribution < -0.4 is 5.32 Å². The zero-order valence-electron chi connectivity index (χ0n) is 8.99. The molecule has 1 N–H and O–H groups in total. The molecule has 3 rings (SSSR count). The second kappa shape index (κ2) is 4.43. The second-order valence-electron chi connectivity index (χ2n) is 3.47. The van der Waals surface area contributed by atoms with Crippen LogP contribution in [0.3, 0.4) is 0 Å². The molecule has 0 spiro atoms. The van der Waals surface area contributed by atoms with Crippen LogP contribution in [0.15, 0.2) is 34.8 Å². The van der Waals surface area contributed by atoms with Crippen molar-refractivity contribution in [1.82, 2.24) is 14.9 Å². The highest BCUT2D eigenvalue weighted by atomic mass is 32.2. The van der Waals surface area contributed by atoms with Gasteiger partial charge in [0.25, 0.3) is 11.1 Å². The van der Waals surface area contributed by atoms with Gasteiger partial charge in [0.1, 0.15) is 0 Å². The topological polar surface area (TPSA) is 64.0 Å². The maximum Gasteiger partial charge on any atom is 0.290 e. The fraction of sp³-hybridized carbons (Fsp3) is 0. The Labute approximate surface area is 111 Å². The molecule has 2 amide bonds. The molecule has 1 aliphatic heterocycles. The van der Waals surface area contributed by atoms with Gasteiger partial charge in [-0.1, -0.05) is 0 Å². The number of hydrogen-bond acceptors (Lipinski definition) is 5. The summed E-state index contributed by atoms with van der Waals surface area (Å²) in [6.45, 7) is 0.